The molecule has 2 nitrogen and oxygen atoms in total. The molecule has 3 rings (SSSR count). The summed E-state index contributed by atoms with van der Waals surface area (Å²) < 4.78 is 34.6. The Morgan fingerprint density at radius 1 is 0.938 bits per heavy atom. The van der Waals surface area contributed by atoms with Crippen LogP contribution in [0.5, 0.6) is 5.75 Å². The zero-order valence-electron chi connectivity index (χ0n) is 19.5. The first-order chi connectivity index (χ1) is 15.5. The van der Waals surface area contributed by atoms with E-state index in [-0.39, 0.29) is 24.7 Å². The number of hydrogen-bond acceptors (Lipinski definition) is 2. The fraction of sp³-hybridized carbons (Fsp3) is 0.741. The molecule has 0 heterocycles. The molecular weight excluding hydrogens is 430 g/mol. The average molecular weight is 469 g/mol. The minimum atomic E-state index is -0.914. The third kappa shape index (κ3) is 7.17. The lowest BCUT2D eigenvalue weighted by atomic mass is 9.68. The Morgan fingerprint density at radius 3 is 2.22 bits per heavy atom. The first-order valence-electron chi connectivity index (χ1n) is 12.8. The highest BCUT2D eigenvalue weighted by atomic mass is 35.5. The molecule has 0 aromatic heterocycles. The van der Waals surface area contributed by atoms with Gasteiger partial charge in [0.25, 0.3) is 0 Å². The van der Waals surface area contributed by atoms with Crippen molar-refractivity contribution in [2.45, 2.75) is 103 Å². The van der Waals surface area contributed by atoms with E-state index >= 15 is 0 Å². The second-order valence-electron chi connectivity index (χ2n) is 9.98. The number of benzene rings is 1. The van der Waals surface area contributed by atoms with Crippen molar-refractivity contribution in [1.29, 1.82) is 0 Å². The lowest BCUT2D eigenvalue weighted by Crippen LogP contribution is -2.25. The van der Waals surface area contributed by atoms with Crippen LogP contribution >= 0.6 is 11.6 Å². The minimum absolute atomic E-state index is 0.0855. The second-order valence-corrected chi connectivity index (χ2v) is 10.4. The van der Waals surface area contributed by atoms with Crippen LogP contribution in [0.2, 0.25) is 0 Å². The van der Waals surface area contributed by atoms with Crippen LogP contribution < -0.4 is 4.74 Å². The standard InChI is InChI=1S/C27H39ClF2O2/c1-2-3-4-6-19-8-10-20(11-9-19)21-12-14-22(15-13-21)23-16-17-24(27(30)26(23)29)32-18-5-7-25(28)31/h16-17,19-22H,2-15,18H2,1H3. The number of halogens is 3. The van der Waals surface area contributed by atoms with Crippen LogP contribution in [0, 0.1) is 29.4 Å². The van der Waals surface area contributed by atoms with Gasteiger partial charge in [0.15, 0.2) is 11.6 Å². The highest BCUT2D eigenvalue weighted by molar-refractivity contribution is 6.63. The number of rotatable bonds is 11. The van der Waals surface area contributed by atoms with E-state index in [9.17, 15) is 13.6 Å². The molecule has 0 aliphatic heterocycles. The molecule has 1 aromatic rings. The van der Waals surface area contributed by atoms with E-state index in [1.165, 1.54) is 57.4 Å². The van der Waals surface area contributed by atoms with Crippen LogP contribution in [0.1, 0.15) is 108 Å². The van der Waals surface area contributed by atoms with E-state index in [1.54, 1.807) is 6.07 Å². The van der Waals surface area contributed by atoms with Crippen molar-refractivity contribution >= 4 is 16.8 Å². The normalized spacial score (nSPS) is 26.1. The lowest BCUT2D eigenvalue weighted by molar-refractivity contribution is -0.111. The Balaban J connectivity index is 1.46. The molecule has 2 fully saturated rings. The van der Waals surface area contributed by atoms with Gasteiger partial charge in [-0.25, -0.2) is 4.39 Å². The fourth-order valence-corrected chi connectivity index (χ4v) is 6.03. The Morgan fingerprint density at radius 2 is 1.59 bits per heavy atom. The minimum Gasteiger partial charge on any atom is -0.490 e. The van der Waals surface area contributed by atoms with Gasteiger partial charge in [0.2, 0.25) is 11.1 Å². The summed E-state index contributed by atoms with van der Waals surface area (Å²) in [5.74, 6) is 0.836. The molecule has 2 saturated carbocycles. The van der Waals surface area contributed by atoms with Crippen molar-refractivity contribution in [2.75, 3.05) is 6.61 Å². The lowest BCUT2D eigenvalue weighted by Gasteiger charge is -2.38. The summed E-state index contributed by atoms with van der Waals surface area (Å²) in [6.45, 7) is 2.41. The SMILES string of the molecule is CCCCCC1CCC(C2CCC(c3ccc(OCCCC(=O)Cl)c(F)c3F)CC2)CC1. The van der Waals surface area contributed by atoms with E-state index < -0.39 is 16.9 Å². The predicted molar refractivity (Wildman–Crippen MR) is 126 cm³/mol. The number of unbranched alkanes of at least 4 members (excludes halogenated alkanes) is 2. The van der Waals surface area contributed by atoms with Gasteiger partial charge < -0.3 is 4.74 Å². The summed E-state index contributed by atoms with van der Waals surface area (Å²) in [5, 5.41) is -0.453. The Kier molecular flexibility index (Phi) is 10.3. The first-order valence-corrected chi connectivity index (χ1v) is 13.2. The average Bonchev–Trinajstić information content (AvgIpc) is 2.80. The number of hydrogen-bond donors (Lipinski definition) is 0. The summed E-state index contributed by atoms with van der Waals surface area (Å²) in [7, 11) is 0. The molecular formula is C27H39ClF2O2. The molecule has 0 N–H and O–H groups in total. The maximum atomic E-state index is 14.8. The van der Waals surface area contributed by atoms with Crippen molar-refractivity contribution in [3.63, 3.8) is 0 Å². The quantitative estimate of drug-likeness (QED) is 0.240. The summed E-state index contributed by atoms with van der Waals surface area (Å²) in [6, 6.07) is 3.22. The van der Waals surface area contributed by atoms with Crippen LogP contribution in [-0.4, -0.2) is 11.8 Å². The summed E-state index contributed by atoms with van der Waals surface area (Å²) >= 11 is 5.28. The van der Waals surface area contributed by atoms with Gasteiger partial charge in [-0.3, -0.25) is 4.79 Å². The smallest absolute Gasteiger partial charge is 0.221 e. The van der Waals surface area contributed by atoms with Crippen molar-refractivity contribution in [2.24, 2.45) is 17.8 Å². The molecule has 5 heteroatoms. The molecule has 0 radical (unpaired) electrons. The Labute approximate surface area is 197 Å². The third-order valence-electron chi connectivity index (χ3n) is 7.84. The molecule has 2 aliphatic rings. The van der Waals surface area contributed by atoms with E-state index in [0.717, 1.165) is 43.4 Å². The summed E-state index contributed by atoms with van der Waals surface area (Å²) in [6.07, 6.45) is 15.6. The molecule has 1 aromatic carbocycles. The zero-order chi connectivity index (χ0) is 22.9. The van der Waals surface area contributed by atoms with E-state index in [2.05, 4.69) is 6.92 Å². The molecule has 0 atom stereocenters. The molecule has 0 saturated heterocycles. The van der Waals surface area contributed by atoms with E-state index in [0.29, 0.717) is 12.0 Å². The fourth-order valence-electron chi connectivity index (χ4n) is 5.90. The number of carbonyl (C=O) groups is 1. The monoisotopic (exact) mass is 468 g/mol. The topological polar surface area (TPSA) is 26.3 Å². The summed E-state index contributed by atoms with van der Waals surface area (Å²) in [4.78, 5) is 10.8. The van der Waals surface area contributed by atoms with E-state index in [4.69, 9.17) is 16.3 Å². The number of carbonyl (C=O) groups excluding carboxylic acids is 1. The van der Waals surface area contributed by atoms with E-state index in [1.807, 2.05) is 0 Å². The maximum absolute atomic E-state index is 14.8. The van der Waals surface area contributed by atoms with Crippen LogP contribution in [-0.2, 0) is 4.79 Å². The molecule has 0 amide bonds. The van der Waals surface area contributed by atoms with Crippen molar-refractivity contribution in [1.82, 2.24) is 0 Å². The van der Waals surface area contributed by atoms with Gasteiger partial charge in [-0.15, -0.1) is 0 Å². The predicted octanol–water partition coefficient (Wildman–Crippen LogP) is 8.55. The molecule has 32 heavy (non-hydrogen) atoms. The third-order valence-corrected chi connectivity index (χ3v) is 8.03. The molecule has 2 aliphatic carbocycles. The van der Waals surface area contributed by atoms with Gasteiger partial charge in [0.05, 0.1) is 6.61 Å². The Hall–Kier alpha value is -1.16. The maximum Gasteiger partial charge on any atom is 0.221 e. The number of ether oxygens (including phenoxy) is 1. The van der Waals surface area contributed by atoms with Gasteiger partial charge in [0.1, 0.15) is 0 Å². The van der Waals surface area contributed by atoms with Gasteiger partial charge in [0, 0.05) is 6.42 Å². The van der Waals surface area contributed by atoms with Crippen molar-refractivity contribution in [3.05, 3.63) is 29.3 Å². The van der Waals surface area contributed by atoms with Gasteiger partial charge in [-0.2, -0.15) is 4.39 Å². The van der Waals surface area contributed by atoms with Crippen LogP contribution in [0.3, 0.4) is 0 Å². The second kappa shape index (κ2) is 12.9. The van der Waals surface area contributed by atoms with Crippen molar-refractivity contribution < 1.29 is 18.3 Å². The largest absolute Gasteiger partial charge is 0.490 e. The summed E-state index contributed by atoms with van der Waals surface area (Å²) in [5.41, 5.74) is 0.490. The van der Waals surface area contributed by atoms with Crippen LogP contribution in [0.25, 0.3) is 0 Å². The van der Waals surface area contributed by atoms with Crippen LogP contribution in [0.4, 0.5) is 8.78 Å². The van der Waals surface area contributed by atoms with Gasteiger partial charge >= 0.3 is 0 Å². The highest BCUT2D eigenvalue weighted by Gasteiger charge is 2.32. The molecule has 0 bridgehead atoms. The molecule has 180 valence electrons. The molecule has 0 spiro atoms. The van der Waals surface area contributed by atoms with Crippen molar-refractivity contribution in [3.8, 4) is 5.75 Å². The Bertz CT molecular complexity index is 723. The van der Waals surface area contributed by atoms with Crippen LogP contribution in [0.15, 0.2) is 12.1 Å². The first kappa shape index (κ1) is 25.5. The highest BCUT2D eigenvalue weighted by Crippen LogP contribution is 2.45. The van der Waals surface area contributed by atoms with Gasteiger partial charge in [-0.1, -0.05) is 51.5 Å². The van der Waals surface area contributed by atoms with Gasteiger partial charge in [-0.05, 0) is 91.8 Å². The molecule has 0 unspecified atom stereocenters. The zero-order valence-corrected chi connectivity index (χ0v) is 20.3.